The number of nitrogens with zero attached hydrogens (tertiary/aromatic N) is 1. The van der Waals surface area contributed by atoms with E-state index in [4.69, 9.17) is 0 Å². The van der Waals surface area contributed by atoms with Crippen molar-refractivity contribution in [1.82, 2.24) is 4.98 Å². The van der Waals surface area contributed by atoms with Gasteiger partial charge >= 0.3 is 0 Å². The molecule has 0 radical (unpaired) electrons. The van der Waals surface area contributed by atoms with Gasteiger partial charge in [-0.25, -0.2) is 4.98 Å². The van der Waals surface area contributed by atoms with Crippen LogP contribution in [-0.2, 0) is 6.42 Å². The maximum Gasteiger partial charge on any atom is 0.125 e. The van der Waals surface area contributed by atoms with Crippen molar-refractivity contribution in [3.8, 4) is 0 Å². The van der Waals surface area contributed by atoms with Gasteiger partial charge in [0.15, 0.2) is 0 Å². The molecule has 0 saturated carbocycles. The first-order valence-electron chi connectivity index (χ1n) is 4.36. The summed E-state index contributed by atoms with van der Waals surface area (Å²) in [5, 5.41) is 12.6. The van der Waals surface area contributed by atoms with E-state index in [-0.39, 0.29) is 0 Å². The zero-order valence-corrected chi connectivity index (χ0v) is 8.33. The zero-order valence-electron chi connectivity index (χ0n) is 8.33. The lowest BCUT2D eigenvalue weighted by atomic mass is 10.00. The molecule has 1 aromatic heterocycles. The van der Waals surface area contributed by atoms with Crippen LogP contribution in [0.1, 0.15) is 19.4 Å². The number of hydrogen-bond donors (Lipinski definition) is 2. The summed E-state index contributed by atoms with van der Waals surface area (Å²) in [5.74, 6) is 0.835. The van der Waals surface area contributed by atoms with Crippen molar-refractivity contribution in [3.63, 3.8) is 0 Å². The molecule has 13 heavy (non-hydrogen) atoms. The summed E-state index contributed by atoms with van der Waals surface area (Å²) >= 11 is 0. The molecule has 0 bridgehead atoms. The molecule has 3 nitrogen and oxygen atoms in total. The lowest BCUT2D eigenvalue weighted by molar-refractivity contribution is 0.0810. The fourth-order valence-corrected chi connectivity index (χ4v) is 1.22. The Morgan fingerprint density at radius 2 is 2.23 bits per heavy atom. The van der Waals surface area contributed by atoms with Crippen molar-refractivity contribution in [2.45, 2.75) is 25.9 Å². The Hall–Kier alpha value is -1.09. The lowest BCUT2D eigenvalue weighted by Gasteiger charge is -2.16. The molecule has 0 aromatic carbocycles. The normalized spacial score (nSPS) is 11.4. The first kappa shape index (κ1) is 9.99. The van der Waals surface area contributed by atoms with Gasteiger partial charge in [0, 0.05) is 19.7 Å². The van der Waals surface area contributed by atoms with Gasteiger partial charge in [0.2, 0.25) is 0 Å². The quantitative estimate of drug-likeness (QED) is 0.739. The molecule has 0 atom stereocenters. The van der Waals surface area contributed by atoms with E-state index in [9.17, 15) is 5.11 Å². The van der Waals surface area contributed by atoms with Gasteiger partial charge in [0.1, 0.15) is 5.82 Å². The highest BCUT2D eigenvalue weighted by Crippen LogP contribution is 2.13. The third-order valence-corrected chi connectivity index (χ3v) is 1.72. The van der Waals surface area contributed by atoms with E-state index < -0.39 is 5.60 Å². The van der Waals surface area contributed by atoms with Crippen LogP contribution in [0.4, 0.5) is 5.82 Å². The summed E-state index contributed by atoms with van der Waals surface area (Å²) in [6.45, 7) is 3.60. The monoisotopic (exact) mass is 180 g/mol. The number of rotatable bonds is 3. The van der Waals surface area contributed by atoms with Crippen molar-refractivity contribution in [1.29, 1.82) is 0 Å². The topological polar surface area (TPSA) is 45.1 Å². The molecule has 0 unspecified atom stereocenters. The average Bonchev–Trinajstić information content (AvgIpc) is 2.01. The first-order valence-corrected chi connectivity index (χ1v) is 4.36. The van der Waals surface area contributed by atoms with Crippen LogP contribution < -0.4 is 5.32 Å². The van der Waals surface area contributed by atoms with Crippen molar-refractivity contribution in [2.24, 2.45) is 0 Å². The summed E-state index contributed by atoms with van der Waals surface area (Å²) < 4.78 is 0. The maximum atomic E-state index is 9.59. The van der Waals surface area contributed by atoms with E-state index in [0.29, 0.717) is 6.42 Å². The SMILES string of the molecule is CNc1cc(CC(C)(C)O)ccn1. The molecule has 1 aromatic rings. The molecule has 1 heterocycles. The maximum absolute atomic E-state index is 9.59. The van der Waals surface area contributed by atoms with Crippen LogP contribution in [0, 0.1) is 0 Å². The first-order chi connectivity index (χ1) is 6.01. The molecule has 1 rings (SSSR count). The molecule has 0 aliphatic carbocycles. The van der Waals surface area contributed by atoms with Gasteiger partial charge in [0.25, 0.3) is 0 Å². The molecule has 0 amide bonds. The predicted molar refractivity (Wildman–Crippen MR) is 53.8 cm³/mol. The Morgan fingerprint density at radius 3 is 2.77 bits per heavy atom. The van der Waals surface area contributed by atoms with Gasteiger partial charge in [-0.3, -0.25) is 0 Å². The largest absolute Gasteiger partial charge is 0.390 e. The van der Waals surface area contributed by atoms with E-state index in [1.165, 1.54) is 0 Å². The van der Waals surface area contributed by atoms with Crippen LogP contribution in [0.3, 0.4) is 0 Å². The molecular formula is C10H16N2O. The summed E-state index contributed by atoms with van der Waals surface area (Å²) in [4.78, 5) is 4.10. The molecule has 0 aliphatic rings. The Morgan fingerprint density at radius 1 is 1.54 bits per heavy atom. The molecule has 0 aliphatic heterocycles. The molecular weight excluding hydrogens is 164 g/mol. The van der Waals surface area contributed by atoms with Crippen LogP contribution in [0.25, 0.3) is 0 Å². The number of aliphatic hydroxyl groups is 1. The summed E-state index contributed by atoms with van der Waals surface area (Å²) in [5.41, 5.74) is 0.429. The second kappa shape index (κ2) is 3.75. The predicted octanol–water partition coefficient (Wildman–Crippen LogP) is 1.44. The number of hydrogen-bond acceptors (Lipinski definition) is 3. The Bertz CT molecular complexity index is 278. The van der Waals surface area contributed by atoms with Gasteiger partial charge in [0.05, 0.1) is 5.60 Å². The Balaban J connectivity index is 2.78. The van der Waals surface area contributed by atoms with Gasteiger partial charge in [-0.05, 0) is 31.5 Å². The second-order valence-electron chi connectivity index (χ2n) is 3.79. The minimum Gasteiger partial charge on any atom is -0.390 e. The minimum absolute atomic E-state index is 0.643. The minimum atomic E-state index is -0.660. The van der Waals surface area contributed by atoms with Gasteiger partial charge in [-0.1, -0.05) is 0 Å². The highest BCUT2D eigenvalue weighted by atomic mass is 16.3. The highest BCUT2D eigenvalue weighted by Gasteiger charge is 2.13. The average molecular weight is 180 g/mol. The summed E-state index contributed by atoms with van der Waals surface area (Å²) in [7, 11) is 1.83. The number of anilines is 1. The van der Waals surface area contributed by atoms with Gasteiger partial charge < -0.3 is 10.4 Å². The molecule has 0 fully saturated rings. The van der Waals surface area contributed by atoms with E-state index in [1.807, 2.05) is 19.2 Å². The zero-order chi connectivity index (χ0) is 9.90. The van der Waals surface area contributed by atoms with E-state index >= 15 is 0 Å². The molecule has 0 spiro atoms. The summed E-state index contributed by atoms with van der Waals surface area (Å²) in [6, 6.07) is 3.86. The molecule has 72 valence electrons. The van der Waals surface area contributed by atoms with Crippen molar-refractivity contribution < 1.29 is 5.11 Å². The van der Waals surface area contributed by atoms with Crippen molar-refractivity contribution in [3.05, 3.63) is 23.9 Å². The van der Waals surface area contributed by atoms with Crippen molar-refractivity contribution >= 4 is 5.82 Å². The summed E-state index contributed by atoms with van der Waals surface area (Å²) in [6.07, 6.45) is 2.39. The molecule has 2 N–H and O–H groups in total. The van der Waals surface area contributed by atoms with Crippen LogP contribution >= 0.6 is 0 Å². The highest BCUT2D eigenvalue weighted by molar-refractivity contribution is 5.36. The fourth-order valence-electron chi connectivity index (χ4n) is 1.22. The van der Waals surface area contributed by atoms with Gasteiger partial charge in [-0.15, -0.1) is 0 Å². The fraction of sp³-hybridized carbons (Fsp3) is 0.500. The van der Waals surface area contributed by atoms with Crippen LogP contribution in [0.15, 0.2) is 18.3 Å². The Labute approximate surface area is 78.8 Å². The number of pyridine rings is 1. The van der Waals surface area contributed by atoms with E-state index in [2.05, 4.69) is 10.3 Å². The molecule has 3 heteroatoms. The third kappa shape index (κ3) is 3.42. The molecule has 0 saturated heterocycles. The smallest absolute Gasteiger partial charge is 0.125 e. The van der Waals surface area contributed by atoms with Crippen LogP contribution in [-0.4, -0.2) is 22.7 Å². The van der Waals surface area contributed by atoms with Gasteiger partial charge in [-0.2, -0.15) is 0 Å². The number of nitrogens with one attached hydrogen (secondary N) is 1. The standard InChI is InChI=1S/C10H16N2O/c1-10(2,13)7-8-4-5-12-9(6-8)11-3/h4-6,13H,7H2,1-3H3,(H,11,12). The van der Waals surface area contributed by atoms with E-state index in [0.717, 1.165) is 11.4 Å². The van der Waals surface area contributed by atoms with E-state index in [1.54, 1.807) is 20.0 Å². The van der Waals surface area contributed by atoms with Crippen molar-refractivity contribution in [2.75, 3.05) is 12.4 Å². The van der Waals surface area contributed by atoms with Crippen LogP contribution in [0.5, 0.6) is 0 Å². The van der Waals surface area contributed by atoms with Crippen LogP contribution in [0.2, 0.25) is 0 Å². The number of aromatic nitrogens is 1. The Kier molecular flexibility index (Phi) is 2.88. The lowest BCUT2D eigenvalue weighted by Crippen LogP contribution is -2.21. The second-order valence-corrected chi connectivity index (χ2v) is 3.79. The third-order valence-electron chi connectivity index (χ3n) is 1.72.